The second-order valence-corrected chi connectivity index (χ2v) is 5.96. The van der Waals surface area contributed by atoms with Crippen LogP contribution in [0.1, 0.15) is 11.1 Å². The Morgan fingerprint density at radius 3 is 2.59 bits per heavy atom. The largest absolute Gasteiger partial charge is 0.497 e. The van der Waals surface area contributed by atoms with E-state index in [0.717, 1.165) is 11.5 Å². The van der Waals surface area contributed by atoms with E-state index in [-0.39, 0.29) is 0 Å². The zero-order valence-corrected chi connectivity index (χ0v) is 15.5. The molecule has 1 aromatic heterocycles. The van der Waals surface area contributed by atoms with Gasteiger partial charge >= 0.3 is 0 Å². The molecule has 0 saturated carbocycles. The van der Waals surface area contributed by atoms with Crippen LogP contribution in [0, 0.1) is 6.92 Å². The van der Waals surface area contributed by atoms with Crippen LogP contribution in [0.15, 0.2) is 54.7 Å². The number of aromatic nitrogens is 3. The summed E-state index contributed by atoms with van der Waals surface area (Å²) in [7, 11) is 1.64. The van der Waals surface area contributed by atoms with Crippen molar-refractivity contribution in [2.24, 2.45) is 0 Å². The first-order valence-corrected chi connectivity index (χ1v) is 8.73. The quantitative estimate of drug-likeness (QED) is 0.563. The summed E-state index contributed by atoms with van der Waals surface area (Å²) >= 11 is 0. The Hall–Kier alpha value is -3.35. The van der Waals surface area contributed by atoms with Crippen LogP contribution in [-0.2, 0) is 6.54 Å². The highest BCUT2D eigenvalue weighted by Gasteiger charge is 2.01. The minimum absolute atomic E-state index is 0.484. The fraction of sp³-hybridized carbons (Fsp3) is 0.250. The molecule has 7 nitrogen and oxygen atoms in total. The van der Waals surface area contributed by atoms with Crippen molar-refractivity contribution in [2.75, 3.05) is 30.9 Å². The van der Waals surface area contributed by atoms with Gasteiger partial charge in [-0.2, -0.15) is 10.1 Å². The summed E-state index contributed by atoms with van der Waals surface area (Å²) < 4.78 is 10.8. The smallest absolute Gasteiger partial charge is 0.244 e. The van der Waals surface area contributed by atoms with Gasteiger partial charge in [-0.3, -0.25) is 0 Å². The average Bonchev–Trinajstić information content (AvgIpc) is 2.70. The van der Waals surface area contributed by atoms with Crippen LogP contribution in [0.3, 0.4) is 0 Å². The van der Waals surface area contributed by atoms with Gasteiger partial charge in [-0.05, 0) is 36.8 Å². The Morgan fingerprint density at radius 2 is 1.81 bits per heavy atom. The molecule has 1 heterocycles. The van der Waals surface area contributed by atoms with Crippen LogP contribution < -0.4 is 20.1 Å². The molecule has 0 fully saturated rings. The summed E-state index contributed by atoms with van der Waals surface area (Å²) in [5.41, 5.74) is 2.39. The maximum absolute atomic E-state index is 5.68. The number of nitrogens with zero attached hydrogens (tertiary/aromatic N) is 3. The molecule has 0 aliphatic heterocycles. The Balaban J connectivity index is 1.44. The molecule has 0 unspecified atom stereocenters. The SMILES string of the molecule is COc1ccc(OCCNc2cnnc(NCc3cccc(C)c3)n2)cc1. The molecule has 0 amide bonds. The number of benzene rings is 2. The highest BCUT2D eigenvalue weighted by atomic mass is 16.5. The zero-order valence-electron chi connectivity index (χ0n) is 15.5. The van der Waals surface area contributed by atoms with E-state index in [1.165, 1.54) is 11.1 Å². The summed E-state index contributed by atoms with van der Waals surface area (Å²) in [5.74, 6) is 2.73. The predicted molar refractivity (Wildman–Crippen MR) is 105 cm³/mol. The monoisotopic (exact) mass is 365 g/mol. The third kappa shape index (κ3) is 5.85. The van der Waals surface area contributed by atoms with Gasteiger partial charge in [0.1, 0.15) is 18.1 Å². The fourth-order valence-electron chi connectivity index (χ4n) is 2.49. The molecule has 7 heteroatoms. The average molecular weight is 365 g/mol. The van der Waals surface area contributed by atoms with E-state index < -0.39 is 0 Å². The number of nitrogens with one attached hydrogen (secondary N) is 2. The molecule has 0 aliphatic rings. The second kappa shape index (κ2) is 9.38. The van der Waals surface area contributed by atoms with E-state index in [1.807, 2.05) is 30.3 Å². The second-order valence-electron chi connectivity index (χ2n) is 5.96. The van der Waals surface area contributed by atoms with Crippen LogP contribution in [0.2, 0.25) is 0 Å². The van der Waals surface area contributed by atoms with Gasteiger partial charge in [0.15, 0.2) is 5.82 Å². The van der Waals surface area contributed by atoms with Gasteiger partial charge in [0.25, 0.3) is 0 Å². The molecule has 0 radical (unpaired) electrons. The van der Waals surface area contributed by atoms with E-state index in [4.69, 9.17) is 9.47 Å². The van der Waals surface area contributed by atoms with E-state index >= 15 is 0 Å². The van der Waals surface area contributed by atoms with Crippen molar-refractivity contribution in [1.82, 2.24) is 15.2 Å². The summed E-state index contributed by atoms with van der Waals surface area (Å²) in [6.07, 6.45) is 1.59. The summed E-state index contributed by atoms with van der Waals surface area (Å²) in [5, 5.41) is 14.4. The lowest BCUT2D eigenvalue weighted by Crippen LogP contribution is -2.14. The first-order chi connectivity index (χ1) is 13.2. The lowest BCUT2D eigenvalue weighted by Gasteiger charge is -2.09. The third-order valence-electron chi connectivity index (χ3n) is 3.83. The van der Waals surface area contributed by atoms with Crippen molar-refractivity contribution in [1.29, 1.82) is 0 Å². The molecule has 2 aromatic carbocycles. The van der Waals surface area contributed by atoms with Gasteiger partial charge in [0, 0.05) is 6.54 Å². The Morgan fingerprint density at radius 1 is 1.00 bits per heavy atom. The molecule has 140 valence electrons. The highest BCUT2D eigenvalue weighted by molar-refractivity contribution is 5.38. The lowest BCUT2D eigenvalue weighted by atomic mass is 10.1. The lowest BCUT2D eigenvalue weighted by molar-refractivity contribution is 0.331. The molecule has 2 N–H and O–H groups in total. The van der Waals surface area contributed by atoms with E-state index in [9.17, 15) is 0 Å². The Labute approximate surface area is 158 Å². The van der Waals surface area contributed by atoms with Crippen molar-refractivity contribution < 1.29 is 9.47 Å². The number of ether oxygens (including phenoxy) is 2. The molecule has 0 saturated heterocycles. The molecule has 0 aliphatic carbocycles. The minimum Gasteiger partial charge on any atom is -0.497 e. The number of hydrogen-bond donors (Lipinski definition) is 2. The molecule has 0 bridgehead atoms. The van der Waals surface area contributed by atoms with Crippen molar-refractivity contribution in [3.63, 3.8) is 0 Å². The van der Waals surface area contributed by atoms with Crippen LogP contribution in [0.5, 0.6) is 11.5 Å². The molecule has 3 aromatic rings. The van der Waals surface area contributed by atoms with E-state index in [1.54, 1.807) is 13.3 Å². The maximum atomic E-state index is 5.68. The van der Waals surface area contributed by atoms with Crippen LogP contribution in [0.25, 0.3) is 0 Å². The number of aryl methyl sites for hydroxylation is 1. The number of rotatable bonds is 9. The third-order valence-corrected chi connectivity index (χ3v) is 3.83. The summed E-state index contributed by atoms with van der Waals surface area (Å²) in [6, 6.07) is 15.8. The maximum Gasteiger partial charge on any atom is 0.244 e. The minimum atomic E-state index is 0.484. The van der Waals surface area contributed by atoms with Gasteiger partial charge in [0.05, 0.1) is 19.9 Å². The molecule has 0 spiro atoms. The van der Waals surface area contributed by atoms with Gasteiger partial charge < -0.3 is 20.1 Å². The Bertz CT molecular complexity index is 855. The van der Waals surface area contributed by atoms with Crippen molar-refractivity contribution in [2.45, 2.75) is 13.5 Å². The van der Waals surface area contributed by atoms with Gasteiger partial charge in [-0.25, -0.2) is 0 Å². The topological polar surface area (TPSA) is 81.2 Å². The molecular formula is C20H23N5O2. The molecule has 27 heavy (non-hydrogen) atoms. The first-order valence-electron chi connectivity index (χ1n) is 8.73. The number of anilines is 2. The summed E-state index contributed by atoms with van der Waals surface area (Å²) in [4.78, 5) is 4.41. The predicted octanol–water partition coefficient (Wildman–Crippen LogP) is 3.29. The molecule has 3 rings (SSSR count). The van der Waals surface area contributed by atoms with Gasteiger partial charge in [-0.1, -0.05) is 29.8 Å². The van der Waals surface area contributed by atoms with E-state index in [0.29, 0.717) is 31.5 Å². The van der Waals surface area contributed by atoms with Crippen molar-refractivity contribution >= 4 is 11.8 Å². The highest BCUT2D eigenvalue weighted by Crippen LogP contribution is 2.16. The normalized spacial score (nSPS) is 10.3. The summed E-state index contributed by atoms with van der Waals surface area (Å²) in [6.45, 7) is 3.82. The fourth-order valence-corrected chi connectivity index (χ4v) is 2.49. The van der Waals surface area contributed by atoms with Crippen LogP contribution >= 0.6 is 0 Å². The van der Waals surface area contributed by atoms with Crippen molar-refractivity contribution in [3.05, 3.63) is 65.9 Å². The zero-order chi connectivity index (χ0) is 18.9. The Kier molecular flexibility index (Phi) is 6.40. The molecule has 0 atom stereocenters. The number of methoxy groups -OCH3 is 1. The van der Waals surface area contributed by atoms with Crippen molar-refractivity contribution in [3.8, 4) is 11.5 Å². The number of hydrogen-bond acceptors (Lipinski definition) is 7. The van der Waals surface area contributed by atoms with Gasteiger partial charge in [0.2, 0.25) is 5.95 Å². The van der Waals surface area contributed by atoms with Crippen LogP contribution in [0.4, 0.5) is 11.8 Å². The standard InChI is InChI=1S/C20H23N5O2/c1-15-4-3-5-16(12-15)13-22-20-24-19(14-23-25-20)21-10-11-27-18-8-6-17(26-2)7-9-18/h3-9,12,14H,10-11,13H2,1-2H3,(H2,21,22,24,25). The van der Waals surface area contributed by atoms with Gasteiger partial charge in [-0.15, -0.1) is 5.10 Å². The van der Waals surface area contributed by atoms with Crippen LogP contribution in [-0.4, -0.2) is 35.4 Å². The molecular weight excluding hydrogens is 342 g/mol. The van der Waals surface area contributed by atoms with E-state index in [2.05, 4.69) is 50.9 Å². The first kappa shape index (κ1) is 18.4.